The number of aryl methyl sites for hydroxylation is 2. The number of rotatable bonds is 5. The molecule has 0 fully saturated rings. The van der Waals surface area contributed by atoms with Gasteiger partial charge in [0.25, 0.3) is 5.56 Å². The standard InChI is InChI=1S/C16H18N4O3/c1-10-4-3-5-12(8-10)9-17-20-14(21)7-6-13-11(2)18-16(23)19-15(13)22/h3-5,8-9H,6-7H2,1-2H3,(H,20,21)(H2,18,19,22,23)/b17-9+. The Morgan fingerprint density at radius 1 is 1.26 bits per heavy atom. The van der Waals surface area contributed by atoms with Crippen LogP contribution in [0.1, 0.15) is 28.8 Å². The highest BCUT2D eigenvalue weighted by atomic mass is 16.2. The number of aromatic amines is 2. The van der Waals surface area contributed by atoms with Crippen molar-refractivity contribution in [1.29, 1.82) is 0 Å². The maximum atomic E-state index is 11.8. The van der Waals surface area contributed by atoms with Crippen LogP contribution in [0.4, 0.5) is 0 Å². The minimum absolute atomic E-state index is 0.0983. The van der Waals surface area contributed by atoms with Gasteiger partial charge in [0, 0.05) is 17.7 Å². The number of amides is 1. The second-order valence-electron chi connectivity index (χ2n) is 5.22. The molecular formula is C16H18N4O3. The summed E-state index contributed by atoms with van der Waals surface area (Å²) in [6, 6.07) is 7.70. The molecule has 0 aliphatic rings. The minimum atomic E-state index is -0.552. The second-order valence-corrected chi connectivity index (χ2v) is 5.22. The zero-order chi connectivity index (χ0) is 16.8. The molecule has 2 rings (SSSR count). The van der Waals surface area contributed by atoms with Crippen molar-refractivity contribution in [3.05, 3.63) is 67.5 Å². The number of hydrogen-bond acceptors (Lipinski definition) is 4. The summed E-state index contributed by atoms with van der Waals surface area (Å²) < 4.78 is 0. The molecule has 1 amide bonds. The first-order valence-electron chi connectivity index (χ1n) is 7.16. The number of aromatic nitrogens is 2. The molecule has 0 radical (unpaired) electrons. The first-order chi connectivity index (χ1) is 11.0. The van der Waals surface area contributed by atoms with E-state index in [0.717, 1.165) is 11.1 Å². The van der Waals surface area contributed by atoms with Crippen LogP contribution in [-0.4, -0.2) is 22.1 Å². The van der Waals surface area contributed by atoms with Crippen molar-refractivity contribution in [2.75, 3.05) is 0 Å². The van der Waals surface area contributed by atoms with Crippen LogP contribution in [0.3, 0.4) is 0 Å². The van der Waals surface area contributed by atoms with Crippen molar-refractivity contribution in [1.82, 2.24) is 15.4 Å². The Morgan fingerprint density at radius 3 is 2.74 bits per heavy atom. The van der Waals surface area contributed by atoms with Gasteiger partial charge in [-0.1, -0.05) is 29.8 Å². The lowest BCUT2D eigenvalue weighted by Gasteiger charge is -2.03. The van der Waals surface area contributed by atoms with E-state index in [2.05, 4.69) is 20.5 Å². The molecule has 0 atom stereocenters. The normalized spacial score (nSPS) is 10.9. The number of nitrogens with one attached hydrogen (secondary N) is 3. The lowest BCUT2D eigenvalue weighted by Crippen LogP contribution is -2.28. The molecule has 120 valence electrons. The Morgan fingerprint density at radius 2 is 2.04 bits per heavy atom. The number of hydrazone groups is 1. The third-order valence-electron chi connectivity index (χ3n) is 3.30. The Kier molecular flexibility index (Phi) is 5.24. The van der Waals surface area contributed by atoms with Crippen LogP contribution >= 0.6 is 0 Å². The van der Waals surface area contributed by atoms with Crippen LogP contribution in [-0.2, 0) is 11.2 Å². The summed E-state index contributed by atoms with van der Waals surface area (Å²) in [5.74, 6) is -0.307. The summed E-state index contributed by atoms with van der Waals surface area (Å²) in [5.41, 5.74) is 4.25. The Bertz CT molecular complexity index is 849. The van der Waals surface area contributed by atoms with Gasteiger partial charge in [0.15, 0.2) is 0 Å². The second kappa shape index (κ2) is 7.35. The third kappa shape index (κ3) is 4.77. The molecule has 7 heteroatoms. The highest BCUT2D eigenvalue weighted by molar-refractivity contribution is 5.82. The summed E-state index contributed by atoms with van der Waals surface area (Å²) in [4.78, 5) is 39.2. The molecule has 1 heterocycles. The topological polar surface area (TPSA) is 107 Å². The minimum Gasteiger partial charge on any atom is -0.311 e. The number of H-pyrrole nitrogens is 2. The fourth-order valence-corrected chi connectivity index (χ4v) is 2.15. The first-order valence-corrected chi connectivity index (χ1v) is 7.16. The molecule has 1 aromatic heterocycles. The van der Waals surface area contributed by atoms with Crippen molar-refractivity contribution in [2.24, 2.45) is 5.10 Å². The number of benzene rings is 1. The molecule has 1 aromatic carbocycles. The molecule has 2 aromatic rings. The van der Waals surface area contributed by atoms with E-state index in [4.69, 9.17) is 0 Å². The summed E-state index contributed by atoms with van der Waals surface area (Å²) in [7, 11) is 0. The number of carbonyl (C=O) groups excluding carboxylic acids is 1. The predicted octanol–water partition coefficient (Wildman–Crippen LogP) is 0.763. The van der Waals surface area contributed by atoms with Crippen molar-refractivity contribution in [3.8, 4) is 0 Å². The quantitative estimate of drug-likeness (QED) is 0.560. The Labute approximate surface area is 132 Å². The highest BCUT2D eigenvalue weighted by Gasteiger charge is 2.08. The Hall–Kier alpha value is -2.96. The zero-order valence-electron chi connectivity index (χ0n) is 13.0. The number of carbonyl (C=O) groups is 1. The fourth-order valence-electron chi connectivity index (χ4n) is 2.15. The van der Waals surface area contributed by atoms with Gasteiger partial charge < -0.3 is 4.98 Å². The van der Waals surface area contributed by atoms with Gasteiger partial charge in [-0.2, -0.15) is 5.10 Å². The smallest absolute Gasteiger partial charge is 0.311 e. The van der Waals surface area contributed by atoms with Gasteiger partial charge in [0.05, 0.1) is 6.21 Å². The number of hydrogen-bond donors (Lipinski definition) is 3. The van der Waals surface area contributed by atoms with Crippen molar-refractivity contribution in [2.45, 2.75) is 26.7 Å². The van der Waals surface area contributed by atoms with Crippen molar-refractivity contribution < 1.29 is 4.79 Å². The van der Waals surface area contributed by atoms with Crippen LogP contribution in [0, 0.1) is 13.8 Å². The molecular weight excluding hydrogens is 296 g/mol. The van der Waals surface area contributed by atoms with E-state index in [9.17, 15) is 14.4 Å². The van der Waals surface area contributed by atoms with Crippen LogP contribution in [0.25, 0.3) is 0 Å². The molecule has 3 N–H and O–H groups in total. The van der Waals surface area contributed by atoms with Gasteiger partial charge in [-0.15, -0.1) is 0 Å². The molecule has 0 bridgehead atoms. The fraction of sp³-hybridized carbons (Fsp3) is 0.250. The molecule has 0 saturated carbocycles. The molecule has 7 nitrogen and oxygen atoms in total. The lowest BCUT2D eigenvalue weighted by molar-refractivity contribution is -0.121. The summed E-state index contributed by atoms with van der Waals surface area (Å²) in [6.07, 6.45) is 1.88. The summed E-state index contributed by atoms with van der Waals surface area (Å²) >= 11 is 0. The Balaban J connectivity index is 1.91. The van der Waals surface area contributed by atoms with E-state index in [1.54, 1.807) is 13.1 Å². The van der Waals surface area contributed by atoms with Gasteiger partial charge in [-0.25, -0.2) is 10.2 Å². The average Bonchev–Trinajstić information content (AvgIpc) is 2.46. The third-order valence-corrected chi connectivity index (χ3v) is 3.30. The maximum Gasteiger partial charge on any atom is 0.325 e. The zero-order valence-corrected chi connectivity index (χ0v) is 13.0. The van der Waals surface area contributed by atoms with E-state index in [-0.39, 0.29) is 18.7 Å². The van der Waals surface area contributed by atoms with Gasteiger partial charge in [-0.05, 0) is 25.8 Å². The molecule has 0 spiro atoms. The van der Waals surface area contributed by atoms with Crippen LogP contribution in [0.2, 0.25) is 0 Å². The van der Waals surface area contributed by atoms with Crippen LogP contribution < -0.4 is 16.7 Å². The monoisotopic (exact) mass is 314 g/mol. The molecule has 0 aliphatic carbocycles. The van der Waals surface area contributed by atoms with Gasteiger partial charge in [0.2, 0.25) is 5.91 Å². The van der Waals surface area contributed by atoms with Gasteiger partial charge in [-0.3, -0.25) is 14.6 Å². The van der Waals surface area contributed by atoms with Crippen molar-refractivity contribution >= 4 is 12.1 Å². The largest absolute Gasteiger partial charge is 0.325 e. The molecule has 0 aliphatic heterocycles. The first kappa shape index (κ1) is 16.4. The lowest BCUT2D eigenvalue weighted by atomic mass is 10.1. The summed E-state index contributed by atoms with van der Waals surface area (Å²) in [5, 5.41) is 3.89. The molecule has 23 heavy (non-hydrogen) atoms. The molecule has 0 saturated heterocycles. The predicted molar refractivity (Wildman–Crippen MR) is 87.7 cm³/mol. The average molecular weight is 314 g/mol. The van der Waals surface area contributed by atoms with E-state index >= 15 is 0 Å². The van der Waals surface area contributed by atoms with E-state index in [1.165, 1.54) is 0 Å². The van der Waals surface area contributed by atoms with E-state index < -0.39 is 11.2 Å². The van der Waals surface area contributed by atoms with Gasteiger partial charge >= 0.3 is 5.69 Å². The van der Waals surface area contributed by atoms with Crippen LogP contribution in [0.15, 0.2) is 39.0 Å². The van der Waals surface area contributed by atoms with Gasteiger partial charge in [0.1, 0.15) is 0 Å². The van der Waals surface area contributed by atoms with E-state index in [1.807, 2.05) is 31.2 Å². The highest BCUT2D eigenvalue weighted by Crippen LogP contribution is 2.01. The SMILES string of the molecule is Cc1cccc(/C=N/NC(=O)CCc2c(C)[nH]c(=O)[nH]c2=O)c1. The van der Waals surface area contributed by atoms with E-state index in [0.29, 0.717) is 11.3 Å². The van der Waals surface area contributed by atoms with Crippen LogP contribution in [0.5, 0.6) is 0 Å². The maximum absolute atomic E-state index is 11.8. The van der Waals surface area contributed by atoms with Crippen molar-refractivity contribution in [3.63, 3.8) is 0 Å². The molecule has 0 unspecified atom stereocenters. The summed E-state index contributed by atoms with van der Waals surface area (Å²) in [6.45, 7) is 3.60. The number of nitrogens with zero attached hydrogens (tertiary/aromatic N) is 1.